The molecular weight excluding hydrogens is 144 g/mol. The molecule has 1 heterocycles. The fraction of sp³-hybridized carbons (Fsp3) is 1.00. The Morgan fingerprint density at radius 1 is 1.36 bits per heavy atom. The fourth-order valence-electron chi connectivity index (χ4n) is 1.96. The van der Waals surface area contributed by atoms with Crippen molar-refractivity contribution in [1.29, 1.82) is 0 Å². The molecule has 0 radical (unpaired) electrons. The van der Waals surface area contributed by atoms with Crippen molar-refractivity contribution in [2.75, 3.05) is 14.2 Å². The second-order valence-electron chi connectivity index (χ2n) is 3.21. The van der Waals surface area contributed by atoms with Crippen LogP contribution in [0.3, 0.4) is 0 Å². The first-order chi connectivity index (χ1) is 5.32. The molecule has 3 heteroatoms. The lowest BCUT2D eigenvalue weighted by Gasteiger charge is -2.31. The van der Waals surface area contributed by atoms with Crippen LogP contribution in [0.5, 0.6) is 0 Å². The van der Waals surface area contributed by atoms with Gasteiger partial charge in [0.25, 0.3) is 0 Å². The van der Waals surface area contributed by atoms with Gasteiger partial charge in [-0.15, -0.1) is 0 Å². The zero-order valence-corrected chi connectivity index (χ0v) is 7.00. The minimum absolute atomic E-state index is 0.200. The summed E-state index contributed by atoms with van der Waals surface area (Å²) < 4.78 is 16.1. The molecule has 0 aromatic carbocycles. The van der Waals surface area contributed by atoms with Gasteiger partial charge in [0.2, 0.25) is 0 Å². The van der Waals surface area contributed by atoms with Gasteiger partial charge in [-0.3, -0.25) is 0 Å². The molecule has 2 atom stereocenters. The third-order valence-electron chi connectivity index (χ3n) is 2.72. The number of fused-ring (bicyclic) bond motifs is 1. The molecule has 2 rings (SSSR count). The molecule has 0 aromatic heterocycles. The monoisotopic (exact) mass is 158 g/mol. The van der Waals surface area contributed by atoms with Crippen molar-refractivity contribution in [1.82, 2.24) is 0 Å². The standard InChI is InChI=1S/C8H14O3/c1-9-8(10-2)5-3-4-6-7(8)11-6/h6-7H,3-5H2,1-2H3. The van der Waals surface area contributed by atoms with Gasteiger partial charge in [0.05, 0.1) is 6.10 Å². The number of ether oxygens (including phenoxy) is 3. The summed E-state index contributed by atoms with van der Waals surface area (Å²) >= 11 is 0. The van der Waals surface area contributed by atoms with E-state index in [4.69, 9.17) is 14.2 Å². The van der Waals surface area contributed by atoms with E-state index in [0.29, 0.717) is 6.10 Å². The molecule has 3 nitrogen and oxygen atoms in total. The quantitative estimate of drug-likeness (QED) is 0.442. The van der Waals surface area contributed by atoms with Crippen LogP contribution in [-0.4, -0.2) is 32.2 Å². The van der Waals surface area contributed by atoms with E-state index in [-0.39, 0.29) is 6.10 Å². The molecule has 0 aromatic rings. The smallest absolute Gasteiger partial charge is 0.196 e. The number of hydrogen-bond donors (Lipinski definition) is 0. The molecule has 0 N–H and O–H groups in total. The molecule has 1 saturated carbocycles. The highest BCUT2D eigenvalue weighted by Gasteiger charge is 2.58. The van der Waals surface area contributed by atoms with Gasteiger partial charge in [0.1, 0.15) is 6.10 Å². The van der Waals surface area contributed by atoms with Crippen molar-refractivity contribution in [3.8, 4) is 0 Å². The summed E-state index contributed by atoms with van der Waals surface area (Å²) in [6, 6.07) is 0. The first-order valence-corrected chi connectivity index (χ1v) is 4.08. The molecule has 1 aliphatic heterocycles. The first-order valence-electron chi connectivity index (χ1n) is 4.08. The normalized spacial score (nSPS) is 39.8. The van der Waals surface area contributed by atoms with E-state index >= 15 is 0 Å². The average molecular weight is 158 g/mol. The summed E-state index contributed by atoms with van der Waals surface area (Å²) in [5, 5.41) is 0. The zero-order valence-electron chi connectivity index (χ0n) is 7.00. The van der Waals surface area contributed by atoms with Gasteiger partial charge in [-0.05, 0) is 12.8 Å². The number of rotatable bonds is 2. The number of methoxy groups -OCH3 is 2. The molecule has 11 heavy (non-hydrogen) atoms. The van der Waals surface area contributed by atoms with Crippen molar-refractivity contribution in [2.24, 2.45) is 0 Å². The van der Waals surface area contributed by atoms with Gasteiger partial charge < -0.3 is 14.2 Å². The zero-order chi connectivity index (χ0) is 7.90. The van der Waals surface area contributed by atoms with Crippen molar-refractivity contribution < 1.29 is 14.2 Å². The van der Waals surface area contributed by atoms with Crippen LogP contribution < -0.4 is 0 Å². The summed E-state index contributed by atoms with van der Waals surface area (Å²) in [6.45, 7) is 0. The lowest BCUT2D eigenvalue weighted by Crippen LogP contribution is -2.43. The average Bonchev–Trinajstić information content (AvgIpc) is 2.82. The van der Waals surface area contributed by atoms with E-state index < -0.39 is 5.79 Å². The van der Waals surface area contributed by atoms with Gasteiger partial charge in [-0.1, -0.05) is 0 Å². The Hall–Kier alpha value is -0.120. The Labute approximate surface area is 66.6 Å². The van der Waals surface area contributed by atoms with E-state index in [0.717, 1.165) is 12.8 Å². The summed E-state index contributed by atoms with van der Waals surface area (Å²) in [7, 11) is 3.38. The van der Waals surface area contributed by atoms with Gasteiger partial charge in [0.15, 0.2) is 5.79 Å². The summed E-state index contributed by atoms with van der Waals surface area (Å²) in [5.41, 5.74) is 0. The predicted octanol–water partition coefficient (Wildman–Crippen LogP) is 0.927. The molecule has 2 fully saturated rings. The minimum Gasteiger partial charge on any atom is -0.364 e. The van der Waals surface area contributed by atoms with E-state index in [1.165, 1.54) is 6.42 Å². The molecule has 64 valence electrons. The molecule has 2 aliphatic rings. The first kappa shape index (κ1) is 7.53. The van der Waals surface area contributed by atoms with Crippen LogP contribution in [-0.2, 0) is 14.2 Å². The van der Waals surface area contributed by atoms with Crippen molar-refractivity contribution in [3.63, 3.8) is 0 Å². The van der Waals surface area contributed by atoms with Crippen LogP contribution in [0.25, 0.3) is 0 Å². The largest absolute Gasteiger partial charge is 0.364 e. The highest BCUT2D eigenvalue weighted by atomic mass is 16.7. The van der Waals surface area contributed by atoms with Crippen LogP contribution >= 0.6 is 0 Å². The summed E-state index contributed by atoms with van der Waals surface area (Å²) in [4.78, 5) is 0. The van der Waals surface area contributed by atoms with Crippen LogP contribution in [0.4, 0.5) is 0 Å². The Bertz CT molecular complexity index is 153. The maximum absolute atomic E-state index is 5.43. The van der Waals surface area contributed by atoms with Gasteiger partial charge in [0, 0.05) is 20.6 Å². The van der Waals surface area contributed by atoms with Crippen molar-refractivity contribution in [2.45, 2.75) is 37.3 Å². The van der Waals surface area contributed by atoms with Crippen LogP contribution in [0.15, 0.2) is 0 Å². The topological polar surface area (TPSA) is 31.0 Å². The SMILES string of the molecule is COC1(OC)CCCC2OC21. The van der Waals surface area contributed by atoms with E-state index in [1.54, 1.807) is 14.2 Å². The van der Waals surface area contributed by atoms with Crippen molar-refractivity contribution in [3.05, 3.63) is 0 Å². The van der Waals surface area contributed by atoms with Gasteiger partial charge in [-0.25, -0.2) is 0 Å². The lowest BCUT2D eigenvalue weighted by atomic mass is 9.94. The molecule has 0 spiro atoms. The minimum atomic E-state index is -0.428. The molecule has 2 unspecified atom stereocenters. The van der Waals surface area contributed by atoms with Gasteiger partial charge in [-0.2, -0.15) is 0 Å². The van der Waals surface area contributed by atoms with Crippen molar-refractivity contribution >= 4 is 0 Å². The van der Waals surface area contributed by atoms with Crippen LogP contribution in [0, 0.1) is 0 Å². The third kappa shape index (κ3) is 0.991. The molecular formula is C8H14O3. The predicted molar refractivity (Wildman–Crippen MR) is 39.3 cm³/mol. The second kappa shape index (κ2) is 2.44. The Morgan fingerprint density at radius 3 is 2.64 bits per heavy atom. The van der Waals surface area contributed by atoms with E-state index in [2.05, 4.69) is 0 Å². The van der Waals surface area contributed by atoms with Crippen LogP contribution in [0.1, 0.15) is 19.3 Å². The molecule has 1 saturated heterocycles. The third-order valence-corrected chi connectivity index (χ3v) is 2.72. The molecule has 0 bridgehead atoms. The van der Waals surface area contributed by atoms with Crippen LogP contribution in [0.2, 0.25) is 0 Å². The molecule has 0 amide bonds. The van der Waals surface area contributed by atoms with E-state index in [1.807, 2.05) is 0 Å². The summed E-state index contributed by atoms with van der Waals surface area (Å²) in [6.07, 6.45) is 3.87. The Morgan fingerprint density at radius 2 is 2.09 bits per heavy atom. The van der Waals surface area contributed by atoms with Gasteiger partial charge >= 0.3 is 0 Å². The highest BCUT2D eigenvalue weighted by Crippen LogP contribution is 2.45. The highest BCUT2D eigenvalue weighted by molar-refractivity contribution is 5.00. The molecule has 1 aliphatic carbocycles. The summed E-state index contributed by atoms with van der Waals surface area (Å²) in [5.74, 6) is -0.428. The Kier molecular flexibility index (Phi) is 1.67. The maximum atomic E-state index is 5.43. The number of hydrogen-bond acceptors (Lipinski definition) is 3. The lowest BCUT2D eigenvalue weighted by molar-refractivity contribution is -0.225. The maximum Gasteiger partial charge on any atom is 0.196 e. The second-order valence-corrected chi connectivity index (χ2v) is 3.21. The van der Waals surface area contributed by atoms with E-state index in [9.17, 15) is 0 Å². The Balaban J connectivity index is 2.09. The number of epoxide rings is 1. The fourth-order valence-corrected chi connectivity index (χ4v) is 1.96.